The summed E-state index contributed by atoms with van der Waals surface area (Å²) in [4.78, 5) is 24.5. The van der Waals surface area contributed by atoms with E-state index in [2.05, 4.69) is 13.8 Å². The maximum Gasteiger partial charge on any atom is 0.292 e. The summed E-state index contributed by atoms with van der Waals surface area (Å²) in [5.74, 6) is 0.740. The number of hydrogen-bond donors (Lipinski definition) is 1. The van der Waals surface area contributed by atoms with E-state index in [-0.39, 0.29) is 17.3 Å². The van der Waals surface area contributed by atoms with Gasteiger partial charge in [0.2, 0.25) is 0 Å². The Balaban J connectivity index is 2.25. The van der Waals surface area contributed by atoms with E-state index in [0.717, 1.165) is 6.42 Å². The predicted octanol–water partition coefficient (Wildman–Crippen LogP) is 2.30. The first kappa shape index (κ1) is 14.3. The Morgan fingerprint density at radius 3 is 2.50 bits per heavy atom. The van der Waals surface area contributed by atoms with Crippen LogP contribution in [-0.4, -0.2) is 28.8 Å². The number of rotatable bonds is 2. The third-order valence-electron chi connectivity index (χ3n) is 3.63. The molecule has 0 aliphatic carbocycles. The highest BCUT2D eigenvalue weighted by Gasteiger charge is 2.27. The molecule has 2 atom stereocenters. The van der Waals surface area contributed by atoms with Crippen LogP contribution in [0.2, 0.25) is 0 Å². The molecule has 1 aliphatic heterocycles. The number of carbonyl (C=O) groups is 1. The Morgan fingerprint density at radius 1 is 1.35 bits per heavy atom. The van der Waals surface area contributed by atoms with E-state index in [9.17, 15) is 14.9 Å². The van der Waals surface area contributed by atoms with Gasteiger partial charge in [0.05, 0.1) is 4.92 Å². The van der Waals surface area contributed by atoms with Gasteiger partial charge in [-0.1, -0.05) is 13.8 Å². The number of nitrogens with two attached hydrogens (primary N) is 1. The number of nitrogens with zero attached hydrogens (tertiary/aromatic N) is 2. The quantitative estimate of drug-likeness (QED) is 0.510. The Labute approximate surface area is 117 Å². The molecule has 1 heterocycles. The van der Waals surface area contributed by atoms with Gasteiger partial charge in [-0.2, -0.15) is 0 Å². The molecule has 2 unspecified atom stereocenters. The number of nitro groups is 1. The minimum atomic E-state index is -0.562. The van der Waals surface area contributed by atoms with Crippen LogP contribution < -0.4 is 5.73 Å². The zero-order valence-electron chi connectivity index (χ0n) is 11.7. The Bertz CT molecular complexity index is 534. The first-order chi connectivity index (χ1) is 9.38. The molecule has 2 rings (SSSR count). The van der Waals surface area contributed by atoms with Crippen LogP contribution in [0.5, 0.6) is 0 Å². The fourth-order valence-corrected chi connectivity index (χ4v) is 2.85. The highest BCUT2D eigenvalue weighted by molar-refractivity contribution is 5.95. The number of anilines is 1. The maximum atomic E-state index is 12.4. The van der Waals surface area contributed by atoms with E-state index in [1.54, 1.807) is 11.0 Å². The molecule has 1 aromatic carbocycles. The molecular formula is C14H19N3O3. The second-order valence-electron chi connectivity index (χ2n) is 5.69. The summed E-state index contributed by atoms with van der Waals surface area (Å²) in [5.41, 5.74) is 5.73. The van der Waals surface area contributed by atoms with E-state index in [4.69, 9.17) is 5.73 Å². The van der Waals surface area contributed by atoms with Gasteiger partial charge in [0.15, 0.2) is 0 Å². The van der Waals surface area contributed by atoms with Crippen LogP contribution in [0.15, 0.2) is 18.2 Å². The normalized spacial score (nSPS) is 22.6. The molecule has 20 heavy (non-hydrogen) atoms. The standard InChI is InChI=1S/C14H19N3O3/c1-9-5-10(2)8-16(7-9)14(18)11-3-4-12(15)13(6-11)17(19)20/h3-4,6,9-10H,5,7-8,15H2,1-2H3. The summed E-state index contributed by atoms with van der Waals surface area (Å²) in [6, 6.07) is 4.23. The minimum Gasteiger partial charge on any atom is -0.393 e. The Kier molecular flexibility index (Phi) is 3.92. The number of likely N-dealkylation sites (tertiary alicyclic amines) is 1. The lowest BCUT2D eigenvalue weighted by molar-refractivity contribution is -0.383. The molecule has 1 aromatic rings. The lowest BCUT2D eigenvalue weighted by Gasteiger charge is -2.35. The highest BCUT2D eigenvalue weighted by Crippen LogP contribution is 2.26. The average Bonchev–Trinajstić information content (AvgIpc) is 2.37. The van der Waals surface area contributed by atoms with Crippen molar-refractivity contribution < 1.29 is 9.72 Å². The SMILES string of the molecule is CC1CC(C)CN(C(=O)c2ccc(N)c([N+](=O)[O-])c2)C1. The average molecular weight is 277 g/mol. The van der Waals surface area contributed by atoms with Crippen molar-refractivity contribution in [1.29, 1.82) is 0 Å². The molecule has 1 amide bonds. The van der Waals surface area contributed by atoms with Crippen molar-refractivity contribution in [1.82, 2.24) is 4.90 Å². The van der Waals surface area contributed by atoms with E-state index < -0.39 is 4.92 Å². The van der Waals surface area contributed by atoms with Gasteiger partial charge in [-0.3, -0.25) is 14.9 Å². The van der Waals surface area contributed by atoms with Crippen molar-refractivity contribution in [2.24, 2.45) is 11.8 Å². The minimum absolute atomic E-state index is 0.0759. The second-order valence-corrected chi connectivity index (χ2v) is 5.69. The number of nitrogen functional groups attached to an aromatic ring is 1. The molecule has 2 N–H and O–H groups in total. The van der Waals surface area contributed by atoms with Crippen LogP contribution in [0.1, 0.15) is 30.6 Å². The van der Waals surface area contributed by atoms with Crippen molar-refractivity contribution in [2.75, 3.05) is 18.8 Å². The van der Waals surface area contributed by atoms with Crippen LogP contribution in [0, 0.1) is 22.0 Å². The zero-order chi connectivity index (χ0) is 14.9. The smallest absolute Gasteiger partial charge is 0.292 e. The number of nitro benzene ring substituents is 1. The summed E-state index contributed by atoms with van der Waals surface area (Å²) in [7, 11) is 0. The number of amides is 1. The molecule has 6 heteroatoms. The lowest BCUT2D eigenvalue weighted by Crippen LogP contribution is -2.42. The van der Waals surface area contributed by atoms with Crippen LogP contribution >= 0.6 is 0 Å². The van der Waals surface area contributed by atoms with Crippen LogP contribution in [0.4, 0.5) is 11.4 Å². The van der Waals surface area contributed by atoms with Crippen molar-refractivity contribution >= 4 is 17.3 Å². The Morgan fingerprint density at radius 2 is 1.95 bits per heavy atom. The van der Waals surface area contributed by atoms with Crippen LogP contribution in [0.3, 0.4) is 0 Å². The third kappa shape index (κ3) is 2.89. The summed E-state index contributed by atoms with van der Waals surface area (Å²) in [5, 5.41) is 10.9. The van der Waals surface area contributed by atoms with Gasteiger partial charge < -0.3 is 10.6 Å². The van der Waals surface area contributed by atoms with Crippen molar-refractivity contribution in [3.05, 3.63) is 33.9 Å². The molecule has 0 bridgehead atoms. The second kappa shape index (κ2) is 5.48. The monoisotopic (exact) mass is 277 g/mol. The zero-order valence-corrected chi connectivity index (χ0v) is 11.7. The molecule has 1 saturated heterocycles. The van der Waals surface area contributed by atoms with Crippen LogP contribution in [-0.2, 0) is 0 Å². The molecule has 0 radical (unpaired) electrons. The predicted molar refractivity (Wildman–Crippen MR) is 76.4 cm³/mol. The highest BCUT2D eigenvalue weighted by atomic mass is 16.6. The van der Waals surface area contributed by atoms with Crippen molar-refractivity contribution in [3.63, 3.8) is 0 Å². The van der Waals surface area contributed by atoms with Gasteiger partial charge >= 0.3 is 0 Å². The molecule has 0 saturated carbocycles. The van der Waals surface area contributed by atoms with Gasteiger partial charge in [0.25, 0.3) is 11.6 Å². The summed E-state index contributed by atoms with van der Waals surface area (Å²) >= 11 is 0. The number of piperidine rings is 1. The Hall–Kier alpha value is -2.11. The van der Waals surface area contributed by atoms with Gasteiger partial charge in [-0.25, -0.2) is 0 Å². The van der Waals surface area contributed by atoms with Gasteiger partial charge in [-0.15, -0.1) is 0 Å². The van der Waals surface area contributed by atoms with Gasteiger partial charge in [-0.05, 0) is 30.4 Å². The molecule has 0 aromatic heterocycles. The molecule has 1 fully saturated rings. The summed E-state index contributed by atoms with van der Waals surface area (Å²) in [6.07, 6.45) is 1.10. The summed E-state index contributed by atoms with van der Waals surface area (Å²) < 4.78 is 0. The van der Waals surface area contributed by atoms with E-state index >= 15 is 0 Å². The van der Waals surface area contributed by atoms with Crippen molar-refractivity contribution in [3.8, 4) is 0 Å². The van der Waals surface area contributed by atoms with Crippen LogP contribution in [0.25, 0.3) is 0 Å². The van der Waals surface area contributed by atoms with Crippen molar-refractivity contribution in [2.45, 2.75) is 20.3 Å². The molecule has 1 aliphatic rings. The molecular weight excluding hydrogens is 258 g/mol. The molecule has 0 spiro atoms. The van der Waals surface area contributed by atoms with E-state index in [0.29, 0.717) is 30.5 Å². The number of benzene rings is 1. The first-order valence-corrected chi connectivity index (χ1v) is 6.71. The number of hydrogen-bond acceptors (Lipinski definition) is 4. The largest absolute Gasteiger partial charge is 0.393 e. The van der Waals surface area contributed by atoms with E-state index in [1.165, 1.54) is 12.1 Å². The fraction of sp³-hybridized carbons (Fsp3) is 0.500. The summed E-state index contributed by atoms with van der Waals surface area (Å²) in [6.45, 7) is 5.62. The molecule has 6 nitrogen and oxygen atoms in total. The van der Waals surface area contributed by atoms with Gasteiger partial charge in [0.1, 0.15) is 5.69 Å². The number of carbonyl (C=O) groups excluding carboxylic acids is 1. The van der Waals surface area contributed by atoms with Gasteiger partial charge in [0, 0.05) is 24.7 Å². The lowest BCUT2D eigenvalue weighted by atomic mass is 9.91. The molecule has 108 valence electrons. The maximum absolute atomic E-state index is 12.4. The topological polar surface area (TPSA) is 89.5 Å². The van der Waals surface area contributed by atoms with E-state index in [1.807, 2.05) is 0 Å². The first-order valence-electron chi connectivity index (χ1n) is 6.71. The third-order valence-corrected chi connectivity index (χ3v) is 3.63. The fourth-order valence-electron chi connectivity index (χ4n) is 2.85.